The highest BCUT2D eigenvalue weighted by Crippen LogP contribution is 2.40. The monoisotopic (exact) mass is 578 g/mol. The average Bonchev–Trinajstić information content (AvgIpc) is 3.73. The molecule has 0 saturated carbocycles. The van der Waals surface area contributed by atoms with Gasteiger partial charge in [-0.3, -0.25) is 9.13 Å². The van der Waals surface area contributed by atoms with E-state index in [1.165, 1.54) is 65.8 Å². The van der Waals surface area contributed by atoms with Crippen molar-refractivity contribution in [3.63, 3.8) is 0 Å². The fraction of sp³-hybridized carbons (Fsp3) is 0.0976. The predicted octanol–water partition coefficient (Wildman–Crippen LogP) is 10.8. The number of benzene rings is 4. The quantitative estimate of drug-likeness (QED) is 0.205. The van der Waals surface area contributed by atoms with Crippen molar-refractivity contribution in [1.82, 2.24) is 18.7 Å². The number of aromatic nitrogens is 4. The van der Waals surface area contributed by atoms with Crippen LogP contribution in [0.4, 0.5) is 0 Å². The first-order chi connectivity index (χ1) is 22.3. The van der Waals surface area contributed by atoms with Crippen LogP contribution >= 0.6 is 0 Å². The SMILES string of the molecule is C1=CCCC(n2c3ccccc3c3cc(-n4c5ccccc5c5cc6c7ccccc7n(C7=CC=CCC7)c6nc54)ccc32)=C1. The number of para-hydroxylation sites is 3. The first kappa shape index (κ1) is 24.8. The molecule has 214 valence electrons. The summed E-state index contributed by atoms with van der Waals surface area (Å²) in [5.74, 6) is 0. The lowest BCUT2D eigenvalue weighted by Gasteiger charge is -2.14. The molecule has 0 amide bonds. The Morgan fingerprint density at radius 1 is 0.444 bits per heavy atom. The summed E-state index contributed by atoms with van der Waals surface area (Å²) in [6.07, 6.45) is 17.5. The molecule has 45 heavy (non-hydrogen) atoms. The second-order valence-electron chi connectivity index (χ2n) is 12.2. The highest BCUT2D eigenvalue weighted by molar-refractivity contribution is 6.17. The van der Waals surface area contributed by atoms with Gasteiger partial charge in [-0.15, -0.1) is 0 Å². The summed E-state index contributed by atoms with van der Waals surface area (Å²) < 4.78 is 7.21. The van der Waals surface area contributed by atoms with E-state index in [0.717, 1.165) is 42.7 Å². The van der Waals surface area contributed by atoms with Crippen LogP contribution in [0.1, 0.15) is 25.7 Å². The van der Waals surface area contributed by atoms with Gasteiger partial charge in [0.2, 0.25) is 0 Å². The van der Waals surface area contributed by atoms with E-state index in [0.29, 0.717) is 0 Å². The highest BCUT2D eigenvalue weighted by atomic mass is 15.1. The second-order valence-corrected chi connectivity index (χ2v) is 12.2. The number of hydrogen-bond acceptors (Lipinski definition) is 1. The van der Waals surface area contributed by atoms with Gasteiger partial charge in [0.05, 0.1) is 22.1 Å². The van der Waals surface area contributed by atoms with Gasteiger partial charge in [0.15, 0.2) is 0 Å². The van der Waals surface area contributed by atoms with E-state index >= 15 is 0 Å². The third-order valence-corrected chi connectivity index (χ3v) is 9.75. The standard InChI is InChI=1S/C41H30N4/c1-3-13-27(14-4-1)43-36-20-10-7-17-30(36)33-25-29(23-24-39(33)43)45-38-22-12-9-19-32(38)35-26-34-31-18-8-11-21-37(31)44(40(34)42-41(35)45)28-15-5-2-6-16-28/h1-3,5,7-13,15,17-26H,4,6,14,16H2. The molecule has 0 bridgehead atoms. The number of nitrogens with zero attached hydrogens (tertiary/aromatic N) is 4. The molecule has 4 aromatic heterocycles. The van der Waals surface area contributed by atoms with Crippen LogP contribution in [0, 0.1) is 0 Å². The average molecular weight is 579 g/mol. The maximum Gasteiger partial charge on any atom is 0.148 e. The summed E-state index contributed by atoms with van der Waals surface area (Å²) in [7, 11) is 0. The first-order valence-corrected chi connectivity index (χ1v) is 15.9. The topological polar surface area (TPSA) is 27.7 Å². The first-order valence-electron chi connectivity index (χ1n) is 15.9. The molecule has 2 aliphatic carbocycles. The van der Waals surface area contributed by atoms with Crippen molar-refractivity contribution in [1.29, 1.82) is 0 Å². The lowest BCUT2D eigenvalue weighted by molar-refractivity contribution is 0.971. The Labute approximate surface area is 260 Å². The Bertz CT molecular complexity index is 2650. The van der Waals surface area contributed by atoms with Crippen LogP contribution in [0.15, 0.2) is 134 Å². The van der Waals surface area contributed by atoms with Crippen molar-refractivity contribution in [3.05, 3.63) is 134 Å². The second kappa shape index (κ2) is 9.44. The molecule has 0 aliphatic heterocycles. The Hall–Kier alpha value is -5.61. The maximum atomic E-state index is 5.56. The molecule has 0 radical (unpaired) electrons. The fourth-order valence-corrected chi connectivity index (χ4v) is 7.77. The number of pyridine rings is 1. The molecule has 2 aliphatic rings. The lowest BCUT2D eigenvalue weighted by atomic mass is 10.1. The van der Waals surface area contributed by atoms with Crippen molar-refractivity contribution in [2.24, 2.45) is 0 Å². The number of hydrogen-bond donors (Lipinski definition) is 0. The molecule has 4 aromatic carbocycles. The fourth-order valence-electron chi connectivity index (χ4n) is 7.77. The normalized spacial score (nSPS) is 15.3. The van der Waals surface area contributed by atoms with Gasteiger partial charge in [-0.05, 0) is 80.3 Å². The Morgan fingerprint density at radius 2 is 0.956 bits per heavy atom. The highest BCUT2D eigenvalue weighted by Gasteiger charge is 2.21. The van der Waals surface area contributed by atoms with E-state index in [2.05, 4.69) is 147 Å². The van der Waals surface area contributed by atoms with Crippen LogP contribution in [0.25, 0.3) is 82.8 Å². The molecule has 4 nitrogen and oxygen atoms in total. The minimum atomic E-state index is 0.989. The largest absolute Gasteiger partial charge is 0.313 e. The summed E-state index contributed by atoms with van der Waals surface area (Å²) in [5.41, 5.74) is 10.7. The zero-order valence-corrected chi connectivity index (χ0v) is 24.8. The van der Waals surface area contributed by atoms with Crippen molar-refractivity contribution in [3.8, 4) is 5.69 Å². The molecule has 10 rings (SSSR count). The molecule has 8 aromatic rings. The van der Waals surface area contributed by atoms with Gasteiger partial charge >= 0.3 is 0 Å². The molecule has 0 N–H and O–H groups in total. The van der Waals surface area contributed by atoms with Gasteiger partial charge in [-0.2, -0.15) is 0 Å². The minimum absolute atomic E-state index is 0.989. The third kappa shape index (κ3) is 3.51. The Kier molecular flexibility index (Phi) is 5.20. The van der Waals surface area contributed by atoms with Gasteiger partial charge in [0.1, 0.15) is 11.3 Å². The zero-order valence-electron chi connectivity index (χ0n) is 24.8. The number of allylic oxidation sites excluding steroid dienone is 8. The van der Waals surface area contributed by atoms with Crippen molar-refractivity contribution >= 4 is 77.1 Å². The Morgan fingerprint density at radius 3 is 1.58 bits per heavy atom. The van der Waals surface area contributed by atoms with Crippen molar-refractivity contribution < 1.29 is 0 Å². The van der Waals surface area contributed by atoms with E-state index in [9.17, 15) is 0 Å². The van der Waals surface area contributed by atoms with Crippen LogP contribution in [-0.2, 0) is 0 Å². The Balaban J connectivity index is 1.30. The lowest BCUT2D eigenvalue weighted by Crippen LogP contribution is -2.01. The number of fused-ring (bicyclic) bond motifs is 9. The molecule has 0 spiro atoms. The van der Waals surface area contributed by atoms with Gasteiger partial charge in [-0.25, -0.2) is 4.98 Å². The molecule has 0 unspecified atom stereocenters. The van der Waals surface area contributed by atoms with Gasteiger partial charge in [-0.1, -0.05) is 78.9 Å². The van der Waals surface area contributed by atoms with Gasteiger partial charge in [0, 0.05) is 49.4 Å². The van der Waals surface area contributed by atoms with Crippen molar-refractivity contribution in [2.75, 3.05) is 0 Å². The zero-order chi connectivity index (χ0) is 29.5. The van der Waals surface area contributed by atoms with Crippen LogP contribution in [-0.4, -0.2) is 18.7 Å². The smallest absolute Gasteiger partial charge is 0.148 e. The maximum absolute atomic E-state index is 5.56. The summed E-state index contributed by atoms with van der Waals surface area (Å²) in [6, 6.07) is 35.6. The van der Waals surface area contributed by atoms with Crippen LogP contribution in [0.3, 0.4) is 0 Å². The van der Waals surface area contributed by atoms with Gasteiger partial charge in [0.25, 0.3) is 0 Å². The van der Waals surface area contributed by atoms with Gasteiger partial charge < -0.3 is 4.57 Å². The van der Waals surface area contributed by atoms with E-state index in [-0.39, 0.29) is 0 Å². The molecule has 0 atom stereocenters. The predicted molar refractivity (Wildman–Crippen MR) is 190 cm³/mol. The van der Waals surface area contributed by atoms with E-state index in [4.69, 9.17) is 4.98 Å². The summed E-state index contributed by atoms with van der Waals surface area (Å²) in [5, 5.41) is 7.39. The van der Waals surface area contributed by atoms with E-state index in [1.54, 1.807) is 0 Å². The summed E-state index contributed by atoms with van der Waals surface area (Å²) in [6.45, 7) is 0. The molecule has 0 fully saturated rings. The van der Waals surface area contributed by atoms with E-state index in [1.807, 2.05) is 0 Å². The van der Waals surface area contributed by atoms with Crippen LogP contribution < -0.4 is 0 Å². The third-order valence-electron chi connectivity index (χ3n) is 9.75. The van der Waals surface area contributed by atoms with E-state index < -0.39 is 0 Å². The minimum Gasteiger partial charge on any atom is -0.313 e. The van der Waals surface area contributed by atoms with Crippen LogP contribution in [0.2, 0.25) is 0 Å². The summed E-state index contributed by atoms with van der Waals surface area (Å²) >= 11 is 0. The molecule has 4 heterocycles. The molecule has 0 saturated heterocycles. The molecule has 4 heteroatoms. The van der Waals surface area contributed by atoms with Crippen molar-refractivity contribution in [2.45, 2.75) is 25.7 Å². The molecular weight excluding hydrogens is 548 g/mol. The van der Waals surface area contributed by atoms with Crippen LogP contribution in [0.5, 0.6) is 0 Å². The summed E-state index contributed by atoms with van der Waals surface area (Å²) in [4.78, 5) is 5.56. The number of rotatable bonds is 3. The molecular formula is C41H30N4.